The Kier molecular flexibility index (Phi) is 4.06. The highest BCUT2D eigenvalue weighted by atomic mass is 14.8. The quantitative estimate of drug-likeness (QED) is 0.729. The van der Waals surface area contributed by atoms with Crippen molar-refractivity contribution in [3.05, 3.63) is 65.6 Å². The van der Waals surface area contributed by atoms with E-state index in [1.54, 1.807) is 19.4 Å². The Labute approximate surface area is 136 Å². The average Bonchev–Trinajstić information content (AvgIpc) is 2.97. The lowest BCUT2D eigenvalue weighted by Crippen LogP contribution is -2.14. The molecular weight excluding hydrogens is 284 g/mol. The second kappa shape index (κ2) is 6.16. The standard InChI is InChI=1S/C19H20N4/c1-19(2,23-11-14-6-8-21-9-7-14)16-4-5-17-15(12-20-3)13-22-18(17)10-16/h4-13,22H,1-3H3. The van der Waals surface area contributed by atoms with Gasteiger partial charge in [0.2, 0.25) is 0 Å². The van der Waals surface area contributed by atoms with E-state index in [0.717, 1.165) is 22.2 Å². The molecule has 4 heteroatoms. The fourth-order valence-corrected chi connectivity index (χ4v) is 2.54. The largest absolute Gasteiger partial charge is 0.360 e. The van der Waals surface area contributed by atoms with Gasteiger partial charge in [-0.25, -0.2) is 0 Å². The average molecular weight is 304 g/mol. The van der Waals surface area contributed by atoms with E-state index in [4.69, 9.17) is 4.99 Å². The van der Waals surface area contributed by atoms with Crippen molar-refractivity contribution in [1.82, 2.24) is 9.97 Å². The van der Waals surface area contributed by atoms with Crippen molar-refractivity contribution in [2.24, 2.45) is 9.98 Å². The third-order valence-electron chi connectivity index (χ3n) is 3.93. The number of H-pyrrole nitrogens is 1. The van der Waals surface area contributed by atoms with Crippen molar-refractivity contribution in [3.63, 3.8) is 0 Å². The predicted octanol–water partition coefficient (Wildman–Crippen LogP) is 3.97. The molecule has 2 aromatic heterocycles. The van der Waals surface area contributed by atoms with E-state index in [-0.39, 0.29) is 5.54 Å². The van der Waals surface area contributed by atoms with Crippen molar-refractivity contribution in [2.75, 3.05) is 7.05 Å². The zero-order valence-corrected chi connectivity index (χ0v) is 13.6. The lowest BCUT2D eigenvalue weighted by atomic mass is 9.94. The molecule has 3 aromatic rings. The summed E-state index contributed by atoms with van der Waals surface area (Å²) in [6.07, 6.45) is 9.29. The molecule has 0 radical (unpaired) electrons. The van der Waals surface area contributed by atoms with E-state index >= 15 is 0 Å². The van der Waals surface area contributed by atoms with Gasteiger partial charge in [0, 0.05) is 54.5 Å². The van der Waals surface area contributed by atoms with Crippen LogP contribution in [0.5, 0.6) is 0 Å². The van der Waals surface area contributed by atoms with Crippen LogP contribution in [0, 0.1) is 0 Å². The molecule has 1 N–H and O–H groups in total. The molecule has 0 bridgehead atoms. The molecule has 0 atom stereocenters. The van der Waals surface area contributed by atoms with Gasteiger partial charge in [0.05, 0.1) is 5.54 Å². The van der Waals surface area contributed by atoms with Gasteiger partial charge in [0.25, 0.3) is 0 Å². The minimum Gasteiger partial charge on any atom is -0.360 e. The van der Waals surface area contributed by atoms with Crippen LogP contribution in [0.15, 0.2) is 58.9 Å². The molecule has 0 aliphatic carbocycles. The Balaban J connectivity index is 1.93. The topological polar surface area (TPSA) is 53.4 Å². The molecule has 0 saturated carbocycles. The van der Waals surface area contributed by atoms with E-state index in [2.05, 4.69) is 47.0 Å². The van der Waals surface area contributed by atoms with Gasteiger partial charge in [0.1, 0.15) is 0 Å². The number of aliphatic imine (C=N–C) groups is 2. The van der Waals surface area contributed by atoms with Crippen LogP contribution in [0.25, 0.3) is 10.9 Å². The second-order valence-corrected chi connectivity index (χ2v) is 5.99. The highest BCUT2D eigenvalue weighted by molar-refractivity contribution is 5.99. The molecule has 116 valence electrons. The van der Waals surface area contributed by atoms with Gasteiger partial charge in [-0.1, -0.05) is 12.1 Å². The summed E-state index contributed by atoms with van der Waals surface area (Å²) in [4.78, 5) is 16.2. The van der Waals surface area contributed by atoms with Gasteiger partial charge in [-0.2, -0.15) is 0 Å². The van der Waals surface area contributed by atoms with Crippen molar-refractivity contribution in [1.29, 1.82) is 0 Å². The minimum absolute atomic E-state index is 0.304. The number of hydrogen-bond acceptors (Lipinski definition) is 3. The molecule has 0 fully saturated rings. The van der Waals surface area contributed by atoms with Gasteiger partial charge in [-0.15, -0.1) is 0 Å². The van der Waals surface area contributed by atoms with Crippen molar-refractivity contribution in [3.8, 4) is 0 Å². The maximum absolute atomic E-state index is 4.75. The smallest absolute Gasteiger partial charge is 0.0801 e. The molecule has 0 unspecified atom stereocenters. The summed E-state index contributed by atoms with van der Waals surface area (Å²) in [5.74, 6) is 0. The van der Waals surface area contributed by atoms with Crippen LogP contribution in [0.1, 0.15) is 30.5 Å². The first-order valence-electron chi connectivity index (χ1n) is 7.59. The first-order valence-corrected chi connectivity index (χ1v) is 7.59. The Bertz CT molecular complexity index is 857. The summed E-state index contributed by atoms with van der Waals surface area (Å²) in [6.45, 7) is 4.23. The summed E-state index contributed by atoms with van der Waals surface area (Å²) < 4.78 is 0. The van der Waals surface area contributed by atoms with E-state index in [1.165, 1.54) is 5.39 Å². The first-order chi connectivity index (χ1) is 11.1. The number of aromatic nitrogens is 2. The molecule has 0 spiro atoms. The first kappa shape index (κ1) is 15.2. The van der Waals surface area contributed by atoms with Crippen LogP contribution >= 0.6 is 0 Å². The number of hydrogen-bond donors (Lipinski definition) is 1. The summed E-state index contributed by atoms with van der Waals surface area (Å²) in [6, 6.07) is 10.3. The van der Waals surface area contributed by atoms with E-state index in [1.807, 2.05) is 30.8 Å². The number of nitrogens with one attached hydrogen (secondary N) is 1. The zero-order valence-electron chi connectivity index (χ0n) is 13.6. The molecule has 0 aliphatic rings. The Morgan fingerprint density at radius 3 is 2.61 bits per heavy atom. The number of pyridine rings is 1. The number of fused-ring (bicyclic) bond motifs is 1. The molecule has 4 nitrogen and oxygen atoms in total. The van der Waals surface area contributed by atoms with Crippen LogP contribution in [-0.4, -0.2) is 29.4 Å². The highest BCUT2D eigenvalue weighted by Crippen LogP contribution is 2.28. The Morgan fingerprint density at radius 2 is 1.87 bits per heavy atom. The van der Waals surface area contributed by atoms with Crippen LogP contribution in [0.3, 0.4) is 0 Å². The SMILES string of the molecule is CN=Cc1c[nH]c2cc(C(C)(C)N=Cc3ccncc3)ccc12. The lowest BCUT2D eigenvalue weighted by molar-refractivity contribution is 0.562. The molecule has 0 amide bonds. The fourth-order valence-electron chi connectivity index (χ4n) is 2.54. The molecule has 0 aliphatic heterocycles. The van der Waals surface area contributed by atoms with E-state index < -0.39 is 0 Å². The number of nitrogens with zero attached hydrogens (tertiary/aromatic N) is 3. The Hall–Kier alpha value is -2.75. The predicted molar refractivity (Wildman–Crippen MR) is 96.7 cm³/mol. The van der Waals surface area contributed by atoms with E-state index in [0.29, 0.717) is 0 Å². The summed E-state index contributed by atoms with van der Waals surface area (Å²) in [5.41, 5.74) is 4.12. The van der Waals surface area contributed by atoms with E-state index in [9.17, 15) is 0 Å². The molecule has 23 heavy (non-hydrogen) atoms. The summed E-state index contributed by atoms with van der Waals surface area (Å²) in [5, 5.41) is 1.17. The van der Waals surface area contributed by atoms with Gasteiger partial charge in [-0.05, 0) is 43.2 Å². The third-order valence-corrected chi connectivity index (χ3v) is 3.93. The van der Waals surface area contributed by atoms with Crippen molar-refractivity contribution >= 4 is 23.3 Å². The highest BCUT2D eigenvalue weighted by Gasteiger charge is 2.19. The number of benzene rings is 1. The van der Waals surface area contributed by atoms with Crippen LogP contribution < -0.4 is 0 Å². The zero-order chi connectivity index (χ0) is 16.3. The maximum Gasteiger partial charge on any atom is 0.0801 e. The maximum atomic E-state index is 4.75. The van der Waals surface area contributed by atoms with Gasteiger partial charge in [-0.3, -0.25) is 15.0 Å². The molecule has 2 heterocycles. The van der Waals surface area contributed by atoms with Crippen molar-refractivity contribution in [2.45, 2.75) is 19.4 Å². The van der Waals surface area contributed by atoms with Gasteiger partial charge >= 0.3 is 0 Å². The van der Waals surface area contributed by atoms with Gasteiger partial charge in [0.15, 0.2) is 0 Å². The van der Waals surface area contributed by atoms with Crippen LogP contribution in [0.4, 0.5) is 0 Å². The molecule has 0 saturated heterocycles. The second-order valence-electron chi connectivity index (χ2n) is 5.99. The molecule has 1 aromatic carbocycles. The van der Waals surface area contributed by atoms with Crippen molar-refractivity contribution < 1.29 is 0 Å². The summed E-state index contributed by atoms with van der Waals surface area (Å²) in [7, 11) is 1.78. The minimum atomic E-state index is -0.304. The normalized spacial score (nSPS) is 12.7. The lowest BCUT2D eigenvalue weighted by Gasteiger charge is -2.20. The van der Waals surface area contributed by atoms with Crippen LogP contribution in [0.2, 0.25) is 0 Å². The Morgan fingerprint density at radius 1 is 1.09 bits per heavy atom. The molecular formula is C19H20N4. The third kappa shape index (κ3) is 3.21. The fraction of sp³-hybridized carbons (Fsp3) is 0.211. The monoisotopic (exact) mass is 304 g/mol. The number of aromatic amines is 1. The van der Waals surface area contributed by atoms with Gasteiger partial charge < -0.3 is 4.98 Å². The van der Waals surface area contributed by atoms with Crippen LogP contribution in [-0.2, 0) is 5.54 Å². The summed E-state index contributed by atoms with van der Waals surface area (Å²) >= 11 is 0. The molecule has 3 rings (SSSR count). The number of rotatable bonds is 4.